The highest BCUT2D eigenvalue weighted by Crippen LogP contribution is 2.13. The molecule has 1 unspecified atom stereocenters. The molecule has 1 atom stereocenters. The number of likely N-dealkylation sites (N-methyl/N-ethyl adjacent to an activating group) is 1. The Bertz CT molecular complexity index is 507. The Hall–Kier alpha value is -2.10. The molecule has 100 valence electrons. The molecule has 1 aromatic carbocycles. The van der Waals surface area contributed by atoms with E-state index in [4.69, 9.17) is 0 Å². The summed E-state index contributed by atoms with van der Waals surface area (Å²) in [4.78, 5) is 14.0. The maximum atomic E-state index is 12.3. The van der Waals surface area contributed by atoms with E-state index in [2.05, 4.69) is 29.3 Å². The normalized spacial score (nSPS) is 12.1. The third kappa shape index (κ3) is 3.22. The third-order valence-electron chi connectivity index (χ3n) is 3.38. The van der Waals surface area contributed by atoms with Crippen molar-refractivity contribution in [2.75, 3.05) is 7.05 Å². The number of amides is 1. The van der Waals surface area contributed by atoms with E-state index in [0.717, 1.165) is 12.8 Å². The van der Waals surface area contributed by atoms with Crippen molar-refractivity contribution >= 4 is 5.91 Å². The van der Waals surface area contributed by atoms with Crippen LogP contribution < -0.4 is 0 Å². The van der Waals surface area contributed by atoms with E-state index >= 15 is 0 Å². The van der Waals surface area contributed by atoms with E-state index in [9.17, 15) is 4.79 Å². The van der Waals surface area contributed by atoms with Crippen LogP contribution in [0.15, 0.2) is 42.6 Å². The van der Waals surface area contributed by atoms with E-state index in [0.29, 0.717) is 5.69 Å². The summed E-state index contributed by atoms with van der Waals surface area (Å²) >= 11 is 0. The molecule has 0 aliphatic heterocycles. The van der Waals surface area contributed by atoms with Crippen molar-refractivity contribution in [1.29, 1.82) is 0 Å². The molecule has 4 heteroatoms. The van der Waals surface area contributed by atoms with Crippen molar-refractivity contribution in [2.45, 2.75) is 25.8 Å². The first-order valence-corrected chi connectivity index (χ1v) is 6.52. The lowest BCUT2D eigenvalue weighted by Crippen LogP contribution is -2.38. The zero-order chi connectivity index (χ0) is 13.7. The number of aromatic amines is 1. The zero-order valence-electron chi connectivity index (χ0n) is 11.3. The van der Waals surface area contributed by atoms with Crippen LogP contribution in [0.25, 0.3) is 0 Å². The van der Waals surface area contributed by atoms with Crippen LogP contribution in [0.3, 0.4) is 0 Å². The fraction of sp³-hybridized carbons (Fsp3) is 0.333. The van der Waals surface area contributed by atoms with E-state index in [1.54, 1.807) is 17.2 Å². The molecule has 0 aliphatic rings. The van der Waals surface area contributed by atoms with E-state index in [1.807, 2.05) is 25.2 Å². The monoisotopic (exact) mass is 257 g/mol. The van der Waals surface area contributed by atoms with E-state index < -0.39 is 0 Å². The smallest absolute Gasteiger partial charge is 0.271 e. The molecule has 0 fully saturated rings. The van der Waals surface area contributed by atoms with E-state index in [1.165, 1.54) is 5.56 Å². The molecule has 19 heavy (non-hydrogen) atoms. The Morgan fingerprint density at radius 1 is 1.32 bits per heavy atom. The molecule has 2 rings (SSSR count). The van der Waals surface area contributed by atoms with Crippen molar-refractivity contribution in [1.82, 2.24) is 15.1 Å². The van der Waals surface area contributed by atoms with Gasteiger partial charge in [-0.3, -0.25) is 9.89 Å². The second-order valence-electron chi connectivity index (χ2n) is 4.64. The minimum absolute atomic E-state index is 0.0136. The van der Waals surface area contributed by atoms with Gasteiger partial charge in [0.25, 0.3) is 5.91 Å². The number of benzene rings is 1. The lowest BCUT2D eigenvalue weighted by Gasteiger charge is -2.27. The van der Waals surface area contributed by atoms with Gasteiger partial charge in [0.2, 0.25) is 0 Å². The third-order valence-corrected chi connectivity index (χ3v) is 3.38. The maximum Gasteiger partial charge on any atom is 0.271 e. The van der Waals surface area contributed by atoms with Gasteiger partial charge in [-0.05, 0) is 24.5 Å². The highest BCUT2D eigenvalue weighted by atomic mass is 16.2. The quantitative estimate of drug-likeness (QED) is 0.894. The standard InChI is InChI=1S/C15H19N3O/c1-3-13(11-12-7-5-4-6-8-12)18(2)15(19)14-9-10-16-17-14/h4-10,13H,3,11H2,1-2H3,(H,16,17). The molecule has 0 aliphatic carbocycles. The summed E-state index contributed by atoms with van der Waals surface area (Å²) in [5.74, 6) is -0.0136. The van der Waals surface area contributed by atoms with Gasteiger partial charge in [0.05, 0.1) is 0 Å². The highest BCUT2D eigenvalue weighted by molar-refractivity contribution is 5.92. The average molecular weight is 257 g/mol. The molecule has 1 aromatic heterocycles. The number of carbonyl (C=O) groups is 1. The van der Waals surface area contributed by atoms with Crippen LogP contribution >= 0.6 is 0 Å². The van der Waals surface area contributed by atoms with Gasteiger partial charge < -0.3 is 4.90 Å². The second-order valence-corrected chi connectivity index (χ2v) is 4.64. The summed E-state index contributed by atoms with van der Waals surface area (Å²) in [7, 11) is 1.85. The lowest BCUT2D eigenvalue weighted by atomic mass is 10.0. The lowest BCUT2D eigenvalue weighted by molar-refractivity contribution is 0.0721. The molecule has 2 aromatic rings. The Labute approximate surface area is 113 Å². The number of carbonyl (C=O) groups excluding carboxylic acids is 1. The minimum Gasteiger partial charge on any atom is -0.337 e. The van der Waals surface area contributed by atoms with Gasteiger partial charge in [-0.15, -0.1) is 0 Å². The van der Waals surface area contributed by atoms with Crippen LogP contribution in [-0.2, 0) is 6.42 Å². The molecular weight excluding hydrogens is 238 g/mol. The van der Waals surface area contributed by atoms with Crippen LogP contribution in [0.4, 0.5) is 0 Å². The van der Waals surface area contributed by atoms with Crippen LogP contribution in [0.5, 0.6) is 0 Å². The molecule has 4 nitrogen and oxygen atoms in total. The van der Waals surface area contributed by atoms with Gasteiger partial charge in [-0.2, -0.15) is 5.10 Å². The average Bonchev–Trinajstić information content (AvgIpc) is 2.98. The van der Waals surface area contributed by atoms with Crippen molar-refractivity contribution in [2.24, 2.45) is 0 Å². The number of rotatable bonds is 5. The first-order valence-electron chi connectivity index (χ1n) is 6.52. The highest BCUT2D eigenvalue weighted by Gasteiger charge is 2.20. The molecule has 1 heterocycles. The van der Waals surface area contributed by atoms with Crippen molar-refractivity contribution in [3.8, 4) is 0 Å². The summed E-state index contributed by atoms with van der Waals surface area (Å²) in [6, 6.07) is 12.1. The summed E-state index contributed by atoms with van der Waals surface area (Å²) in [6.45, 7) is 2.10. The van der Waals surface area contributed by atoms with Gasteiger partial charge in [-0.1, -0.05) is 37.3 Å². The molecule has 0 spiro atoms. The number of nitrogens with one attached hydrogen (secondary N) is 1. The van der Waals surface area contributed by atoms with Crippen molar-refractivity contribution in [3.05, 3.63) is 53.9 Å². The number of nitrogens with zero attached hydrogens (tertiary/aromatic N) is 2. The first-order chi connectivity index (χ1) is 9.22. The molecule has 0 saturated heterocycles. The topological polar surface area (TPSA) is 49.0 Å². The second kappa shape index (κ2) is 6.18. The van der Waals surface area contributed by atoms with Crippen LogP contribution in [-0.4, -0.2) is 34.1 Å². The maximum absolute atomic E-state index is 12.3. The largest absolute Gasteiger partial charge is 0.337 e. The summed E-state index contributed by atoms with van der Waals surface area (Å²) < 4.78 is 0. The summed E-state index contributed by atoms with van der Waals surface area (Å²) in [5.41, 5.74) is 1.78. The number of hydrogen-bond donors (Lipinski definition) is 1. The molecule has 0 saturated carbocycles. The van der Waals surface area contributed by atoms with Gasteiger partial charge >= 0.3 is 0 Å². The van der Waals surface area contributed by atoms with Crippen molar-refractivity contribution < 1.29 is 4.79 Å². The van der Waals surface area contributed by atoms with Crippen LogP contribution in [0.1, 0.15) is 29.4 Å². The molecular formula is C15H19N3O. The Kier molecular flexibility index (Phi) is 4.34. The van der Waals surface area contributed by atoms with Crippen LogP contribution in [0.2, 0.25) is 0 Å². The predicted octanol–water partition coefficient (Wildman–Crippen LogP) is 2.50. The number of H-pyrrole nitrogens is 1. The van der Waals surface area contributed by atoms with Gasteiger partial charge in [0.1, 0.15) is 5.69 Å². The fourth-order valence-corrected chi connectivity index (χ4v) is 2.17. The molecule has 0 bridgehead atoms. The number of aromatic nitrogens is 2. The summed E-state index contributed by atoms with van der Waals surface area (Å²) in [5, 5.41) is 6.54. The Balaban J connectivity index is 2.07. The van der Waals surface area contributed by atoms with Crippen molar-refractivity contribution in [3.63, 3.8) is 0 Å². The Morgan fingerprint density at radius 3 is 2.63 bits per heavy atom. The SMILES string of the molecule is CCC(Cc1ccccc1)N(C)C(=O)c1ccn[nH]1. The fourth-order valence-electron chi connectivity index (χ4n) is 2.17. The molecule has 0 radical (unpaired) electrons. The minimum atomic E-state index is -0.0136. The van der Waals surface area contributed by atoms with Gasteiger partial charge in [0, 0.05) is 19.3 Å². The number of hydrogen-bond acceptors (Lipinski definition) is 2. The summed E-state index contributed by atoms with van der Waals surface area (Å²) in [6.07, 6.45) is 3.39. The zero-order valence-corrected chi connectivity index (χ0v) is 11.3. The van der Waals surface area contributed by atoms with Crippen LogP contribution in [0, 0.1) is 0 Å². The van der Waals surface area contributed by atoms with E-state index in [-0.39, 0.29) is 11.9 Å². The van der Waals surface area contributed by atoms with Gasteiger partial charge in [0.15, 0.2) is 0 Å². The molecule has 1 amide bonds. The Morgan fingerprint density at radius 2 is 2.05 bits per heavy atom. The first kappa shape index (κ1) is 13.3. The predicted molar refractivity (Wildman–Crippen MR) is 74.9 cm³/mol. The van der Waals surface area contributed by atoms with Gasteiger partial charge in [-0.25, -0.2) is 0 Å². The molecule has 1 N–H and O–H groups in total.